The van der Waals surface area contributed by atoms with Crippen LogP contribution in [0.2, 0.25) is 0 Å². The van der Waals surface area contributed by atoms with Crippen LogP contribution in [0.4, 0.5) is 0 Å². The topological polar surface area (TPSA) is 78.9 Å². The Morgan fingerprint density at radius 1 is 0.333 bits per heavy atom. The first-order valence-corrected chi connectivity index (χ1v) is 26.9. The summed E-state index contributed by atoms with van der Waals surface area (Å²) in [4.78, 5) is 37.9. The van der Waals surface area contributed by atoms with Gasteiger partial charge in [-0.1, -0.05) is 265 Å². The molecule has 0 aromatic heterocycles. The van der Waals surface area contributed by atoms with Crippen molar-refractivity contribution in [3.05, 3.63) is 0 Å². The van der Waals surface area contributed by atoms with Crippen molar-refractivity contribution in [3.63, 3.8) is 0 Å². The van der Waals surface area contributed by atoms with Gasteiger partial charge in [0.15, 0.2) is 6.10 Å². The van der Waals surface area contributed by atoms with Gasteiger partial charge in [-0.2, -0.15) is 0 Å². The van der Waals surface area contributed by atoms with Crippen molar-refractivity contribution in [2.45, 2.75) is 310 Å². The number of hydrogen-bond acceptors (Lipinski definition) is 6. The van der Waals surface area contributed by atoms with Gasteiger partial charge in [0, 0.05) is 19.3 Å². The first kappa shape index (κ1) is 58.4. The van der Waals surface area contributed by atoms with Crippen molar-refractivity contribution in [1.29, 1.82) is 0 Å². The third-order valence-electron chi connectivity index (χ3n) is 12.7. The molecule has 0 N–H and O–H groups in total. The van der Waals surface area contributed by atoms with E-state index in [0.717, 1.165) is 63.7 Å². The summed E-state index contributed by atoms with van der Waals surface area (Å²) in [5.41, 5.74) is 0. The molecule has 60 heavy (non-hydrogen) atoms. The van der Waals surface area contributed by atoms with E-state index in [1.54, 1.807) is 0 Å². The normalized spacial score (nSPS) is 12.4. The van der Waals surface area contributed by atoms with E-state index < -0.39 is 6.10 Å². The lowest BCUT2D eigenvalue weighted by Crippen LogP contribution is -2.30. The molecular weight excluding hydrogens is 745 g/mol. The molecule has 1 unspecified atom stereocenters. The van der Waals surface area contributed by atoms with Crippen LogP contribution >= 0.6 is 0 Å². The quantitative estimate of drug-likeness (QED) is 0.0345. The molecule has 6 heteroatoms. The van der Waals surface area contributed by atoms with E-state index in [-0.39, 0.29) is 31.1 Å². The average Bonchev–Trinajstić information content (AvgIpc) is 3.25. The van der Waals surface area contributed by atoms with Crippen molar-refractivity contribution in [2.24, 2.45) is 5.92 Å². The van der Waals surface area contributed by atoms with Gasteiger partial charge in [0.05, 0.1) is 0 Å². The smallest absolute Gasteiger partial charge is 0.306 e. The minimum atomic E-state index is -0.760. The number of unbranched alkanes of at least 4 members (excludes halogenated alkanes) is 35. The number of ether oxygens (including phenoxy) is 3. The molecule has 0 aliphatic heterocycles. The van der Waals surface area contributed by atoms with Gasteiger partial charge in [-0.05, 0) is 25.2 Å². The van der Waals surface area contributed by atoms with Gasteiger partial charge in [0.1, 0.15) is 13.2 Å². The minimum absolute atomic E-state index is 0.0624. The molecule has 0 rings (SSSR count). The second kappa shape index (κ2) is 48.4. The van der Waals surface area contributed by atoms with E-state index in [1.165, 1.54) is 199 Å². The minimum Gasteiger partial charge on any atom is -0.462 e. The zero-order valence-electron chi connectivity index (χ0n) is 40.9. The number of esters is 3. The van der Waals surface area contributed by atoms with Gasteiger partial charge in [-0.3, -0.25) is 14.4 Å². The Hall–Kier alpha value is -1.59. The third kappa shape index (κ3) is 45.9. The molecule has 0 radical (unpaired) electrons. The van der Waals surface area contributed by atoms with Crippen LogP contribution in [0.3, 0.4) is 0 Å². The summed E-state index contributed by atoms with van der Waals surface area (Å²) < 4.78 is 16.8. The monoisotopic (exact) mass is 849 g/mol. The molecular formula is C54H104O6. The highest BCUT2D eigenvalue weighted by atomic mass is 16.6. The average molecular weight is 849 g/mol. The van der Waals surface area contributed by atoms with E-state index in [9.17, 15) is 14.4 Å². The van der Waals surface area contributed by atoms with Crippen LogP contribution in [0.15, 0.2) is 0 Å². The lowest BCUT2D eigenvalue weighted by molar-refractivity contribution is -0.167. The SMILES string of the molecule is CCCCCCCCCCCCCCCC(=O)OC[C@@H](COC(=O)CCCCCCCCCCCCCCCCC(C)CC)OC(=O)CCCCCCCCCCCCC. The molecule has 0 saturated heterocycles. The van der Waals surface area contributed by atoms with E-state index in [4.69, 9.17) is 14.2 Å². The molecule has 0 bridgehead atoms. The Morgan fingerprint density at radius 3 is 0.867 bits per heavy atom. The van der Waals surface area contributed by atoms with Crippen LogP contribution in [-0.2, 0) is 28.6 Å². The van der Waals surface area contributed by atoms with E-state index in [0.29, 0.717) is 19.3 Å². The molecule has 0 aromatic rings. The molecule has 0 saturated carbocycles. The standard InChI is InChI=1S/C54H104O6/c1-5-8-10-12-14-16-18-21-26-29-33-37-41-45-52(55)58-48-51(60-54(57)47-43-39-35-31-24-17-15-13-11-9-6-2)49-59-53(56)46-42-38-34-30-27-23-20-19-22-25-28-32-36-40-44-50(4)7-3/h50-51H,5-49H2,1-4H3/t50?,51-/m0/s1. The molecule has 0 fully saturated rings. The van der Waals surface area contributed by atoms with E-state index in [2.05, 4.69) is 27.7 Å². The van der Waals surface area contributed by atoms with Gasteiger partial charge in [0.2, 0.25) is 0 Å². The van der Waals surface area contributed by atoms with E-state index in [1.807, 2.05) is 0 Å². The number of rotatable bonds is 49. The highest BCUT2D eigenvalue weighted by molar-refractivity contribution is 5.71. The Labute approximate surface area is 374 Å². The highest BCUT2D eigenvalue weighted by Crippen LogP contribution is 2.18. The predicted molar refractivity (Wildman–Crippen MR) is 257 cm³/mol. The molecule has 0 heterocycles. The van der Waals surface area contributed by atoms with Crippen LogP contribution in [0.1, 0.15) is 304 Å². The molecule has 356 valence electrons. The van der Waals surface area contributed by atoms with Crippen molar-refractivity contribution in [3.8, 4) is 0 Å². The maximum absolute atomic E-state index is 12.8. The molecule has 0 aliphatic carbocycles. The van der Waals surface area contributed by atoms with Crippen LogP contribution in [0.25, 0.3) is 0 Å². The molecule has 0 spiro atoms. The first-order chi connectivity index (χ1) is 29.4. The van der Waals surface area contributed by atoms with Crippen molar-refractivity contribution in [2.75, 3.05) is 13.2 Å². The molecule has 0 aliphatic rings. The van der Waals surface area contributed by atoms with E-state index >= 15 is 0 Å². The van der Waals surface area contributed by atoms with Crippen LogP contribution < -0.4 is 0 Å². The van der Waals surface area contributed by atoms with Crippen molar-refractivity contribution >= 4 is 17.9 Å². The van der Waals surface area contributed by atoms with Crippen LogP contribution in [-0.4, -0.2) is 37.2 Å². The number of carbonyl (C=O) groups is 3. The molecule has 6 nitrogen and oxygen atoms in total. The lowest BCUT2D eigenvalue weighted by atomic mass is 9.99. The van der Waals surface area contributed by atoms with Gasteiger partial charge in [0.25, 0.3) is 0 Å². The zero-order valence-corrected chi connectivity index (χ0v) is 40.9. The fraction of sp³-hybridized carbons (Fsp3) is 0.944. The first-order valence-electron chi connectivity index (χ1n) is 26.9. The van der Waals surface area contributed by atoms with Crippen molar-refractivity contribution < 1.29 is 28.6 Å². The van der Waals surface area contributed by atoms with Crippen LogP contribution in [0.5, 0.6) is 0 Å². The largest absolute Gasteiger partial charge is 0.462 e. The fourth-order valence-electron chi connectivity index (χ4n) is 8.19. The predicted octanol–water partition coefficient (Wildman–Crippen LogP) is 17.5. The zero-order chi connectivity index (χ0) is 43.8. The van der Waals surface area contributed by atoms with Gasteiger partial charge in [-0.15, -0.1) is 0 Å². The summed E-state index contributed by atoms with van der Waals surface area (Å²) in [6.45, 7) is 9.07. The third-order valence-corrected chi connectivity index (χ3v) is 12.7. The second-order valence-corrected chi connectivity index (χ2v) is 18.8. The Balaban J connectivity index is 4.26. The van der Waals surface area contributed by atoms with Gasteiger partial charge >= 0.3 is 17.9 Å². The Morgan fingerprint density at radius 2 is 0.583 bits per heavy atom. The molecule has 0 amide bonds. The summed E-state index contributed by atoms with van der Waals surface area (Å²) in [7, 11) is 0. The summed E-state index contributed by atoms with van der Waals surface area (Å²) in [6, 6.07) is 0. The second-order valence-electron chi connectivity index (χ2n) is 18.8. The highest BCUT2D eigenvalue weighted by Gasteiger charge is 2.19. The molecule has 2 atom stereocenters. The number of carbonyl (C=O) groups excluding carboxylic acids is 3. The summed E-state index contributed by atoms with van der Waals surface area (Å²) in [6.07, 6.45) is 50.8. The van der Waals surface area contributed by atoms with Gasteiger partial charge in [-0.25, -0.2) is 0 Å². The number of hydrogen-bond donors (Lipinski definition) is 0. The maximum Gasteiger partial charge on any atom is 0.306 e. The fourth-order valence-corrected chi connectivity index (χ4v) is 8.19. The Kier molecular flexibility index (Phi) is 47.2. The van der Waals surface area contributed by atoms with Crippen molar-refractivity contribution in [1.82, 2.24) is 0 Å². The summed E-state index contributed by atoms with van der Waals surface area (Å²) >= 11 is 0. The summed E-state index contributed by atoms with van der Waals surface area (Å²) in [5.74, 6) is 0.0539. The maximum atomic E-state index is 12.8. The molecule has 0 aromatic carbocycles. The van der Waals surface area contributed by atoms with Crippen LogP contribution in [0, 0.1) is 5.92 Å². The van der Waals surface area contributed by atoms with Gasteiger partial charge < -0.3 is 14.2 Å². The summed E-state index contributed by atoms with van der Waals surface area (Å²) in [5, 5.41) is 0. The Bertz CT molecular complexity index is 905. The lowest BCUT2D eigenvalue weighted by Gasteiger charge is -2.18.